The number of likely N-dealkylation sites (N-methyl/N-ethyl adjacent to an activating group) is 1. The number of carboxylic acids is 2. The first-order valence-corrected chi connectivity index (χ1v) is 28.3. The Bertz CT molecular complexity index is 2560. The summed E-state index contributed by atoms with van der Waals surface area (Å²) < 4.78 is 17.6. The van der Waals surface area contributed by atoms with Crippen LogP contribution in [0.5, 0.6) is 5.75 Å². The first kappa shape index (κ1) is 63.9. The molecule has 0 aliphatic carbocycles. The topological polar surface area (TPSA) is 315 Å². The molecule has 3 aromatic rings. The van der Waals surface area contributed by atoms with E-state index in [2.05, 4.69) is 15.6 Å². The van der Waals surface area contributed by atoms with Crippen molar-refractivity contribution in [2.24, 2.45) is 35.3 Å². The fourth-order valence-corrected chi connectivity index (χ4v) is 11.3. The summed E-state index contributed by atoms with van der Waals surface area (Å²) in [5.74, 6) is -6.70. The second kappa shape index (κ2) is 29.0. The second-order valence-electron chi connectivity index (χ2n) is 22.3. The van der Waals surface area contributed by atoms with E-state index >= 15 is 4.79 Å². The molecule has 0 radical (unpaired) electrons. The van der Waals surface area contributed by atoms with Gasteiger partial charge in [-0.15, -0.1) is 11.3 Å². The van der Waals surface area contributed by atoms with E-state index in [0.29, 0.717) is 42.9 Å². The van der Waals surface area contributed by atoms with Crippen LogP contribution in [0.2, 0.25) is 0 Å². The average molecular weight is 1120 g/mol. The predicted molar refractivity (Wildman–Crippen MR) is 293 cm³/mol. The molecule has 79 heavy (non-hydrogen) atoms. The monoisotopic (exact) mass is 1120 g/mol. The minimum atomic E-state index is -1.94. The number of nitrogens with one attached hydrogen (secondary N) is 2. The van der Waals surface area contributed by atoms with E-state index in [1.165, 1.54) is 6.07 Å². The molecule has 9 N–H and O–H groups in total. The molecule has 2 aromatic carbocycles. The number of thiazole rings is 1. The molecule has 2 saturated heterocycles. The van der Waals surface area contributed by atoms with Crippen molar-refractivity contribution in [2.75, 3.05) is 32.5 Å². The fraction of sp³-hybridized carbons (Fsp3) is 0.614. The number of aliphatic carboxylic acids is 2. The van der Waals surface area contributed by atoms with Gasteiger partial charge in [-0.1, -0.05) is 85.2 Å². The Kier molecular flexibility index (Phi) is 23.5. The molecule has 1 aromatic heterocycles. The van der Waals surface area contributed by atoms with Crippen LogP contribution in [0, 0.1) is 29.6 Å². The Balaban J connectivity index is 1.37. The number of amides is 3. The van der Waals surface area contributed by atoms with Crippen LogP contribution in [0.25, 0.3) is 0 Å². The maximum atomic E-state index is 15.0. The highest BCUT2D eigenvalue weighted by atomic mass is 32.1. The summed E-state index contributed by atoms with van der Waals surface area (Å²) in [7, 11) is 3.69. The van der Waals surface area contributed by atoms with Crippen molar-refractivity contribution in [3.63, 3.8) is 0 Å². The third-order valence-electron chi connectivity index (χ3n) is 15.4. The van der Waals surface area contributed by atoms with Crippen molar-refractivity contribution in [1.82, 2.24) is 15.2 Å². The number of carboxylic acid groups (broad SMARTS) is 2. The van der Waals surface area contributed by atoms with Crippen LogP contribution in [-0.2, 0) is 51.2 Å². The number of rotatable bonds is 28. The SMILES string of the molecule is CC[C@H](C)[C@H](CC(=O)[C@H]1CCCC[N+]1(C)Cc1ccc(O[C@@H]2O[C@H](C(=O)O)[C@@H](O)[C@H](O)[C@H]2O)c(NC(=O)CCN)c1)C(=O)N(C)[C@H](C[C@@H](OC(=O)C(C)C)c1nc(C(=O)N[C@@H](Cc2ccccc2)C[C@H](C)C(=O)O)cs1)C(C)C. The minimum absolute atomic E-state index is 0.0312. The molecule has 3 heterocycles. The summed E-state index contributed by atoms with van der Waals surface area (Å²) in [5, 5.41) is 58.3. The van der Waals surface area contributed by atoms with E-state index in [4.69, 9.17) is 19.9 Å². The highest BCUT2D eigenvalue weighted by Crippen LogP contribution is 2.37. The second-order valence-corrected chi connectivity index (χ2v) is 23.2. The summed E-state index contributed by atoms with van der Waals surface area (Å²) in [4.78, 5) is 100. The zero-order valence-electron chi connectivity index (χ0n) is 46.9. The molecular formula is C57H83N6O15S+. The van der Waals surface area contributed by atoms with Gasteiger partial charge in [0.1, 0.15) is 47.3 Å². The Hall–Kier alpha value is -5.88. The number of ether oxygens (including phenoxy) is 3. The first-order chi connectivity index (χ1) is 37.3. The third-order valence-corrected chi connectivity index (χ3v) is 16.4. The van der Waals surface area contributed by atoms with Gasteiger partial charge >= 0.3 is 17.9 Å². The lowest BCUT2D eigenvalue weighted by Crippen LogP contribution is -2.61. The standard InChI is InChI=1S/C57H82N6O15S/c1-10-33(6)38(27-43(64)42-18-14-15-23-63(42,9)29-36-19-20-44(39(26-36)60-46(65)21-22-58)77-57-49(68)47(66)48(67)50(78-57)55(73)74)53(70)62(8)41(31(2)3)28-45(76-56(75)32(4)5)52-61-40(30-79-52)51(69)59-37(24-34(7)54(71)72)25-35-16-12-11-13-17-35/h11-13,16-17,19-20,26,30-34,37-38,41-42,45,47-50,57,66-68H,10,14-15,18,21-25,27-29,58H2,1-9H3,(H3-,59,60,65,69,71,72,73,74)/p+1/t33-,34-,37+,38-,41+,42+,45+,47-,48-,49+,50-,57+,63?/m0/s1. The third kappa shape index (κ3) is 17.1. The number of benzene rings is 2. The van der Waals surface area contributed by atoms with Gasteiger partial charge < -0.3 is 65.5 Å². The summed E-state index contributed by atoms with van der Waals surface area (Å²) in [6.07, 6.45) is -6.95. The van der Waals surface area contributed by atoms with Crippen LogP contribution in [0.4, 0.5) is 5.69 Å². The summed E-state index contributed by atoms with van der Waals surface area (Å²) >= 11 is 1.15. The molecule has 2 aliphatic heterocycles. The van der Waals surface area contributed by atoms with E-state index < -0.39 is 102 Å². The largest absolute Gasteiger partial charge is 0.481 e. The van der Waals surface area contributed by atoms with Crippen LogP contribution in [0.1, 0.15) is 133 Å². The van der Waals surface area contributed by atoms with E-state index in [-0.39, 0.29) is 77.4 Å². The number of esters is 1. The molecular weight excluding hydrogens is 1040 g/mol. The number of aromatic nitrogens is 1. The van der Waals surface area contributed by atoms with Gasteiger partial charge in [0.05, 0.1) is 31.1 Å². The first-order valence-electron chi connectivity index (χ1n) is 27.4. The number of Topliss-reactive ketones (excluding diaryl/α,β-unsaturated/α-hetero) is 1. The molecule has 436 valence electrons. The molecule has 2 fully saturated rings. The van der Waals surface area contributed by atoms with Gasteiger partial charge in [-0.25, -0.2) is 9.78 Å². The Morgan fingerprint density at radius 3 is 2.24 bits per heavy atom. The highest BCUT2D eigenvalue weighted by molar-refractivity contribution is 7.09. The zero-order valence-corrected chi connectivity index (χ0v) is 47.7. The fourth-order valence-electron chi connectivity index (χ4n) is 10.5. The number of nitrogens with zero attached hydrogens (tertiary/aromatic N) is 3. The number of likely N-dealkylation sites (tertiary alicyclic amines) is 1. The predicted octanol–water partition coefficient (Wildman–Crippen LogP) is 5.09. The van der Waals surface area contributed by atoms with Crippen molar-refractivity contribution >= 4 is 58.4 Å². The van der Waals surface area contributed by atoms with Crippen molar-refractivity contribution in [2.45, 2.75) is 168 Å². The quantitative estimate of drug-likeness (QED) is 0.0347. The lowest BCUT2D eigenvalue weighted by atomic mass is 9.82. The Labute approximate surface area is 466 Å². The minimum Gasteiger partial charge on any atom is -0.481 e. The number of aliphatic hydroxyl groups excluding tert-OH is 3. The number of ketones is 1. The summed E-state index contributed by atoms with van der Waals surface area (Å²) in [5.41, 5.74) is 7.48. The maximum Gasteiger partial charge on any atom is 0.335 e. The molecule has 21 nitrogen and oxygen atoms in total. The van der Waals surface area contributed by atoms with Crippen LogP contribution in [0.3, 0.4) is 0 Å². The highest BCUT2D eigenvalue weighted by Gasteiger charge is 2.49. The number of hydrogen-bond acceptors (Lipinski definition) is 16. The number of nitrogens with two attached hydrogens (primary N) is 1. The lowest BCUT2D eigenvalue weighted by molar-refractivity contribution is -0.941. The van der Waals surface area contributed by atoms with E-state index in [1.807, 2.05) is 65.1 Å². The number of carbonyl (C=O) groups is 7. The van der Waals surface area contributed by atoms with Gasteiger partial charge in [-0.2, -0.15) is 0 Å². The number of anilines is 1. The number of piperidine rings is 1. The molecule has 0 bridgehead atoms. The Morgan fingerprint density at radius 2 is 1.62 bits per heavy atom. The number of carbonyl (C=O) groups excluding carboxylic acids is 5. The maximum absolute atomic E-state index is 15.0. The average Bonchev–Trinajstić information content (AvgIpc) is 4.00. The molecule has 13 atom stereocenters. The van der Waals surface area contributed by atoms with Gasteiger partial charge in [-0.05, 0) is 61.3 Å². The van der Waals surface area contributed by atoms with Gasteiger partial charge in [0.2, 0.25) is 18.1 Å². The number of aliphatic hydroxyl groups is 3. The smallest absolute Gasteiger partial charge is 0.335 e. The molecule has 0 spiro atoms. The number of quaternary nitrogens is 1. The van der Waals surface area contributed by atoms with Crippen LogP contribution in [-0.4, -0.2) is 157 Å². The molecule has 5 rings (SSSR count). The zero-order chi connectivity index (χ0) is 58.5. The van der Waals surface area contributed by atoms with Crippen LogP contribution >= 0.6 is 11.3 Å². The van der Waals surface area contributed by atoms with Gasteiger partial charge in [0.25, 0.3) is 5.91 Å². The molecule has 0 saturated carbocycles. The lowest BCUT2D eigenvalue weighted by Gasteiger charge is -2.45. The van der Waals surface area contributed by atoms with Crippen molar-refractivity contribution in [1.29, 1.82) is 0 Å². The summed E-state index contributed by atoms with van der Waals surface area (Å²) in [6.45, 7) is 13.8. The van der Waals surface area contributed by atoms with E-state index in [0.717, 1.165) is 29.7 Å². The molecule has 2 aliphatic rings. The summed E-state index contributed by atoms with van der Waals surface area (Å²) in [6, 6.07) is 12.7. The normalized spacial score (nSPS) is 23.6. The molecule has 22 heteroatoms. The van der Waals surface area contributed by atoms with E-state index in [1.54, 1.807) is 50.2 Å². The molecule has 3 amide bonds. The van der Waals surface area contributed by atoms with Crippen LogP contribution in [0.15, 0.2) is 53.9 Å². The van der Waals surface area contributed by atoms with Gasteiger partial charge in [0, 0.05) is 68.2 Å². The van der Waals surface area contributed by atoms with Crippen molar-refractivity contribution in [3.05, 3.63) is 75.7 Å². The van der Waals surface area contributed by atoms with Crippen LogP contribution < -0.4 is 21.1 Å². The van der Waals surface area contributed by atoms with E-state index in [9.17, 15) is 54.3 Å². The molecule has 1 unspecified atom stereocenters. The van der Waals surface area contributed by atoms with Crippen molar-refractivity contribution in [3.8, 4) is 5.75 Å². The van der Waals surface area contributed by atoms with Crippen molar-refractivity contribution < 1.29 is 77.8 Å². The van der Waals surface area contributed by atoms with Gasteiger partial charge in [0.15, 0.2) is 18.0 Å². The van der Waals surface area contributed by atoms with Gasteiger partial charge in [-0.3, -0.25) is 28.8 Å². The number of hydrogen-bond donors (Lipinski definition) is 8. The Morgan fingerprint density at radius 1 is 0.924 bits per heavy atom.